The van der Waals surface area contributed by atoms with E-state index in [9.17, 15) is 5.11 Å². The van der Waals surface area contributed by atoms with Crippen molar-refractivity contribution in [2.45, 2.75) is 6.10 Å². The minimum Gasteiger partial charge on any atom is -0.380 e. The minimum atomic E-state index is -1.04. The van der Waals surface area contributed by atoms with Crippen molar-refractivity contribution < 1.29 is 5.11 Å². The topological polar surface area (TPSA) is 50.9 Å². The maximum atomic E-state index is 10.2. The molecule has 90 valence electrons. The van der Waals surface area contributed by atoms with Gasteiger partial charge < -0.3 is 5.11 Å². The van der Waals surface area contributed by atoms with Gasteiger partial charge in [-0.15, -0.1) is 0 Å². The van der Waals surface area contributed by atoms with Crippen molar-refractivity contribution in [3.05, 3.63) is 44.9 Å². The fraction of sp³-hybridized carbons (Fsp3) is 0.200. The molecular weight excluding hydrogens is 284 g/mol. The second-order valence-corrected chi connectivity index (χ2v) is 4.68. The summed E-state index contributed by atoms with van der Waals surface area (Å²) in [6.45, 7) is 0. The molecule has 2 aromatic heterocycles. The average Bonchev–Trinajstić information content (AvgIpc) is 2.58. The van der Waals surface area contributed by atoms with Gasteiger partial charge in [0.15, 0.2) is 0 Å². The SMILES string of the molecule is Cn1ncc(Cl)c1C(O)c1ncc(Cl)cc1Cl. The number of hydrogen-bond donors (Lipinski definition) is 1. The highest BCUT2D eigenvalue weighted by molar-refractivity contribution is 6.35. The van der Waals surface area contributed by atoms with Gasteiger partial charge in [-0.3, -0.25) is 9.67 Å². The molecule has 1 unspecified atom stereocenters. The summed E-state index contributed by atoms with van der Waals surface area (Å²) in [5.74, 6) is 0. The van der Waals surface area contributed by atoms with Crippen LogP contribution >= 0.6 is 34.8 Å². The molecule has 1 N–H and O–H groups in total. The molecule has 0 fully saturated rings. The van der Waals surface area contributed by atoms with Crippen LogP contribution < -0.4 is 0 Å². The number of aromatic nitrogens is 3. The number of hydrogen-bond acceptors (Lipinski definition) is 3. The smallest absolute Gasteiger partial charge is 0.140 e. The lowest BCUT2D eigenvalue weighted by atomic mass is 10.1. The lowest BCUT2D eigenvalue weighted by Crippen LogP contribution is -2.09. The molecule has 2 aromatic rings. The Hall–Kier alpha value is -0.810. The van der Waals surface area contributed by atoms with Crippen LogP contribution in [0.2, 0.25) is 15.1 Å². The number of rotatable bonds is 2. The molecule has 7 heteroatoms. The third-order valence-electron chi connectivity index (χ3n) is 2.29. The second-order valence-electron chi connectivity index (χ2n) is 3.42. The molecule has 0 saturated heterocycles. The van der Waals surface area contributed by atoms with Gasteiger partial charge in [-0.05, 0) is 6.07 Å². The van der Waals surface area contributed by atoms with Gasteiger partial charge >= 0.3 is 0 Å². The fourth-order valence-corrected chi connectivity index (χ4v) is 2.24. The highest BCUT2D eigenvalue weighted by atomic mass is 35.5. The second kappa shape index (κ2) is 4.82. The van der Waals surface area contributed by atoms with Crippen LogP contribution in [0.4, 0.5) is 0 Å². The van der Waals surface area contributed by atoms with Crippen LogP contribution in [0.1, 0.15) is 17.5 Å². The molecule has 0 spiro atoms. The van der Waals surface area contributed by atoms with Crippen LogP contribution in [0.15, 0.2) is 18.5 Å². The Morgan fingerprint density at radius 3 is 2.47 bits per heavy atom. The van der Waals surface area contributed by atoms with Crippen molar-refractivity contribution in [3.63, 3.8) is 0 Å². The molecule has 17 heavy (non-hydrogen) atoms. The predicted octanol–water partition coefficient (Wildman–Crippen LogP) is 2.86. The maximum absolute atomic E-state index is 10.2. The van der Waals surface area contributed by atoms with Crippen LogP contribution in [-0.4, -0.2) is 19.9 Å². The molecule has 0 radical (unpaired) electrons. The van der Waals surface area contributed by atoms with E-state index < -0.39 is 6.10 Å². The van der Waals surface area contributed by atoms with Crippen molar-refractivity contribution in [1.29, 1.82) is 0 Å². The standard InChI is InChI=1S/C10H8Cl3N3O/c1-16-9(7(13)4-15-16)10(17)8-6(12)2-5(11)3-14-8/h2-4,10,17H,1H3. The first-order valence-corrected chi connectivity index (χ1v) is 5.80. The molecule has 2 rings (SSSR count). The zero-order valence-electron chi connectivity index (χ0n) is 8.73. The Labute approximate surface area is 113 Å². The third kappa shape index (κ3) is 2.40. The summed E-state index contributed by atoms with van der Waals surface area (Å²) in [4.78, 5) is 4.00. The first-order chi connectivity index (χ1) is 8.00. The molecule has 2 heterocycles. The van der Waals surface area contributed by atoms with Crippen molar-refractivity contribution in [3.8, 4) is 0 Å². The van der Waals surface area contributed by atoms with E-state index in [0.29, 0.717) is 21.4 Å². The van der Waals surface area contributed by atoms with Gasteiger partial charge in [-0.1, -0.05) is 34.8 Å². The molecule has 0 bridgehead atoms. The summed E-state index contributed by atoms with van der Waals surface area (Å²) >= 11 is 17.6. The molecule has 4 nitrogen and oxygen atoms in total. The van der Waals surface area contributed by atoms with Crippen LogP contribution in [0.3, 0.4) is 0 Å². The quantitative estimate of drug-likeness (QED) is 0.926. The number of nitrogens with zero attached hydrogens (tertiary/aromatic N) is 3. The molecule has 0 aromatic carbocycles. The number of aliphatic hydroxyl groups excluding tert-OH is 1. The zero-order chi connectivity index (χ0) is 12.6. The minimum absolute atomic E-state index is 0.280. The van der Waals surface area contributed by atoms with Gasteiger partial charge in [0.2, 0.25) is 0 Å². The number of halogens is 3. The number of aryl methyl sites for hydroxylation is 1. The van der Waals surface area contributed by atoms with Crippen LogP contribution in [0.25, 0.3) is 0 Å². The van der Waals surface area contributed by atoms with Gasteiger partial charge in [0.1, 0.15) is 6.10 Å². The normalized spacial score (nSPS) is 12.8. The van der Waals surface area contributed by atoms with Gasteiger partial charge in [-0.2, -0.15) is 5.10 Å². The summed E-state index contributed by atoms with van der Waals surface area (Å²) in [5, 5.41) is 15.2. The Morgan fingerprint density at radius 2 is 1.94 bits per heavy atom. The number of aliphatic hydroxyl groups is 1. The monoisotopic (exact) mass is 291 g/mol. The first kappa shape index (κ1) is 12.6. The highest BCUT2D eigenvalue weighted by Gasteiger charge is 2.22. The van der Waals surface area contributed by atoms with Crippen molar-refractivity contribution in [1.82, 2.24) is 14.8 Å². The molecule has 0 aliphatic heterocycles. The van der Waals surface area contributed by atoms with Gasteiger partial charge in [-0.25, -0.2) is 0 Å². The van der Waals surface area contributed by atoms with E-state index in [1.165, 1.54) is 23.1 Å². The van der Waals surface area contributed by atoms with E-state index in [4.69, 9.17) is 34.8 Å². The first-order valence-electron chi connectivity index (χ1n) is 4.67. The molecule has 0 amide bonds. The molecule has 0 saturated carbocycles. The van der Waals surface area contributed by atoms with Crippen molar-refractivity contribution >= 4 is 34.8 Å². The Bertz CT molecular complexity index is 536. The van der Waals surface area contributed by atoms with E-state index in [0.717, 1.165) is 0 Å². The van der Waals surface area contributed by atoms with E-state index in [1.807, 2.05) is 0 Å². The predicted molar refractivity (Wildman–Crippen MR) is 66.5 cm³/mol. The highest BCUT2D eigenvalue weighted by Crippen LogP contribution is 2.31. The molecule has 1 atom stereocenters. The van der Waals surface area contributed by atoms with Gasteiger partial charge in [0.05, 0.1) is 32.7 Å². The van der Waals surface area contributed by atoms with Crippen molar-refractivity contribution in [2.24, 2.45) is 7.05 Å². The van der Waals surface area contributed by atoms with E-state index in [2.05, 4.69) is 10.1 Å². The maximum Gasteiger partial charge on any atom is 0.140 e. The van der Waals surface area contributed by atoms with Gasteiger partial charge in [0, 0.05) is 13.2 Å². The lowest BCUT2D eigenvalue weighted by molar-refractivity contribution is 0.205. The van der Waals surface area contributed by atoms with Crippen LogP contribution in [0.5, 0.6) is 0 Å². The summed E-state index contributed by atoms with van der Waals surface area (Å²) in [6, 6.07) is 1.51. The van der Waals surface area contributed by atoms with Crippen LogP contribution in [-0.2, 0) is 7.05 Å². The van der Waals surface area contributed by atoms with E-state index in [1.54, 1.807) is 7.05 Å². The summed E-state index contributed by atoms with van der Waals surface area (Å²) < 4.78 is 1.47. The molecule has 0 aliphatic carbocycles. The fourth-order valence-electron chi connectivity index (χ4n) is 1.48. The summed E-state index contributed by atoms with van der Waals surface area (Å²) in [6.07, 6.45) is 1.82. The third-order valence-corrected chi connectivity index (χ3v) is 3.09. The lowest BCUT2D eigenvalue weighted by Gasteiger charge is -2.12. The Balaban J connectivity index is 2.47. The Kier molecular flexibility index (Phi) is 3.58. The number of pyridine rings is 1. The molecule has 0 aliphatic rings. The van der Waals surface area contributed by atoms with E-state index >= 15 is 0 Å². The van der Waals surface area contributed by atoms with Gasteiger partial charge in [0.25, 0.3) is 0 Å². The van der Waals surface area contributed by atoms with E-state index in [-0.39, 0.29) is 5.02 Å². The zero-order valence-corrected chi connectivity index (χ0v) is 11.0. The molecular formula is C10H8Cl3N3O. The average molecular weight is 293 g/mol. The van der Waals surface area contributed by atoms with Crippen molar-refractivity contribution in [2.75, 3.05) is 0 Å². The van der Waals surface area contributed by atoms with Crippen LogP contribution in [0, 0.1) is 0 Å². The Morgan fingerprint density at radius 1 is 1.24 bits per heavy atom. The summed E-state index contributed by atoms with van der Waals surface area (Å²) in [5.41, 5.74) is 0.727. The largest absolute Gasteiger partial charge is 0.380 e. The summed E-state index contributed by atoms with van der Waals surface area (Å²) in [7, 11) is 1.67.